The molecule has 0 unspecified atom stereocenters. The third-order valence-electron chi connectivity index (χ3n) is 3.12. The van der Waals surface area contributed by atoms with Gasteiger partial charge in [-0.3, -0.25) is 10.2 Å². The van der Waals surface area contributed by atoms with Crippen LogP contribution < -0.4 is 5.43 Å². The van der Waals surface area contributed by atoms with Gasteiger partial charge in [0.1, 0.15) is 6.33 Å². The van der Waals surface area contributed by atoms with Gasteiger partial charge < -0.3 is 4.90 Å². The van der Waals surface area contributed by atoms with Gasteiger partial charge in [0, 0.05) is 6.54 Å². The first-order chi connectivity index (χ1) is 10.1. The van der Waals surface area contributed by atoms with Gasteiger partial charge in [-0.05, 0) is 43.2 Å². The molecule has 0 aliphatic heterocycles. The lowest BCUT2D eigenvalue weighted by atomic mass is 10.2. The van der Waals surface area contributed by atoms with E-state index in [-0.39, 0.29) is 5.91 Å². The van der Waals surface area contributed by atoms with Crippen LogP contribution in [0.2, 0.25) is 0 Å². The van der Waals surface area contributed by atoms with E-state index >= 15 is 0 Å². The van der Waals surface area contributed by atoms with Crippen LogP contribution >= 0.6 is 11.3 Å². The Kier molecular flexibility index (Phi) is 3.72. The molecule has 2 heterocycles. The molecule has 2 aromatic heterocycles. The van der Waals surface area contributed by atoms with Crippen molar-refractivity contribution in [2.24, 2.45) is 0 Å². The Hall–Kier alpha value is -2.18. The number of imidazole rings is 1. The highest BCUT2D eigenvalue weighted by molar-refractivity contribution is 7.12. The van der Waals surface area contributed by atoms with E-state index in [2.05, 4.69) is 10.4 Å². The Labute approximate surface area is 126 Å². The molecule has 0 aliphatic rings. The number of hydrogen-bond donors (Lipinski definition) is 1. The Morgan fingerprint density at radius 3 is 2.95 bits per heavy atom. The average molecular weight is 300 g/mol. The lowest BCUT2D eigenvalue weighted by molar-refractivity contribution is 0.101. The topological polar surface area (TPSA) is 50.2 Å². The normalized spacial score (nSPS) is 11.2. The first-order valence-corrected chi connectivity index (χ1v) is 7.47. The fourth-order valence-electron chi connectivity index (χ4n) is 2.21. The van der Waals surface area contributed by atoms with E-state index in [1.54, 1.807) is 11.0 Å². The van der Waals surface area contributed by atoms with Crippen LogP contribution in [-0.2, 0) is 6.54 Å². The Morgan fingerprint density at radius 2 is 2.14 bits per heavy atom. The molecule has 3 rings (SSSR count). The van der Waals surface area contributed by atoms with Gasteiger partial charge in [-0.2, -0.15) is 0 Å². The maximum absolute atomic E-state index is 12.5. The zero-order valence-electron chi connectivity index (χ0n) is 11.9. The number of thiophene rings is 1. The molecule has 0 saturated heterocycles. The number of fused-ring (bicyclic) bond motifs is 1. The number of aromatic nitrogens is 2. The molecular weight excluding hydrogens is 284 g/mol. The SMILES string of the molecule is CN(C)Cc1ccsc1C(=O)Nn1cnc2ccccc21. The minimum Gasteiger partial charge on any atom is -0.305 e. The standard InChI is InChI=1S/C15H16N4OS/c1-18(2)9-11-7-8-21-14(11)15(20)17-19-10-16-12-5-3-4-6-13(12)19/h3-8,10H,9H2,1-2H3,(H,17,20). The minimum atomic E-state index is -0.106. The third kappa shape index (κ3) is 2.81. The largest absolute Gasteiger partial charge is 0.305 e. The quantitative estimate of drug-likeness (QED) is 0.805. The third-order valence-corrected chi connectivity index (χ3v) is 4.07. The van der Waals surface area contributed by atoms with E-state index < -0.39 is 0 Å². The smallest absolute Gasteiger partial charge is 0.280 e. The van der Waals surface area contributed by atoms with Crippen molar-refractivity contribution in [2.45, 2.75) is 6.54 Å². The van der Waals surface area contributed by atoms with E-state index in [4.69, 9.17) is 0 Å². The summed E-state index contributed by atoms with van der Waals surface area (Å²) in [5.74, 6) is -0.106. The van der Waals surface area contributed by atoms with Crippen molar-refractivity contribution in [1.29, 1.82) is 0 Å². The van der Waals surface area contributed by atoms with Gasteiger partial charge in [-0.1, -0.05) is 12.1 Å². The summed E-state index contributed by atoms with van der Waals surface area (Å²) < 4.78 is 1.66. The molecule has 6 heteroatoms. The summed E-state index contributed by atoms with van der Waals surface area (Å²) in [6.07, 6.45) is 1.63. The zero-order valence-corrected chi connectivity index (χ0v) is 12.7. The van der Waals surface area contributed by atoms with Gasteiger partial charge in [-0.15, -0.1) is 11.3 Å². The Bertz CT molecular complexity index is 775. The number of carbonyl (C=O) groups is 1. The van der Waals surface area contributed by atoms with Gasteiger partial charge in [0.05, 0.1) is 15.9 Å². The van der Waals surface area contributed by atoms with Crippen molar-refractivity contribution in [1.82, 2.24) is 14.6 Å². The second kappa shape index (κ2) is 5.67. The molecule has 5 nitrogen and oxygen atoms in total. The highest BCUT2D eigenvalue weighted by atomic mass is 32.1. The van der Waals surface area contributed by atoms with E-state index in [1.807, 2.05) is 54.7 Å². The second-order valence-corrected chi connectivity index (χ2v) is 5.97. The second-order valence-electron chi connectivity index (χ2n) is 5.06. The van der Waals surface area contributed by atoms with E-state index in [9.17, 15) is 4.79 Å². The molecule has 1 N–H and O–H groups in total. The van der Waals surface area contributed by atoms with Crippen molar-refractivity contribution in [2.75, 3.05) is 19.5 Å². The Morgan fingerprint density at radius 1 is 1.33 bits per heavy atom. The van der Waals surface area contributed by atoms with E-state index in [0.29, 0.717) is 0 Å². The van der Waals surface area contributed by atoms with Crippen LogP contribution in [0.3, 0.4) is 0 Å². The number of rotatable bonds is 4. The average Bonchev–Trinajstić information content (AvgIpc) is 3.06. The summed E-state index contributed by atoms with van der Waals surface area (Å²) >= 11 is 1.45. The molecule has 1 aromatic carbocycles. The number of para-hydroxylation sites is 2. The fraction of sp³-hybridized carbons (Fsp3) is 0.200. The molecule has 3 aromatic rings. The number of hydrogen-bond acceptors (Lipinski definition) is 4. The van der Waals surface area contributed by atoms with Crippen LogP contribution in [0, 0.1) is 0 Å². The summed E-state index contributed by atoms with van der Waals surface area (Å²) in [7, 11) is 3.98. The Balaban J connectivity index is 1.85. The maximum atomic E-state index is 12.5. The lowest BCUT2D eigenvalue weighted by Crippen LogP contribution is -2.23. The van der Waals surface area contributed by atoms with Crippen LogP contribution in [0.4, 0.5) is 0 Å². The molecule has 108 valence electrons. The van der Waals surface area contributed by atoms with Crippen molar-refractivity contribution < 1.29 is 4.79 Å². The molecule has 0 aliphatic carbocycles. The number of nitrogens with zero attached hydrogens (tertiary/aromatic N) is 3. The van der Waals surface area contributed by atoms with E-state index in [1.165, 1.54) is 11.3 Å². The summed E-state index contributed by atoms with van der Waals surface area (Å²) in [6.45, 7) is 0.747. The predicted octanol–water partition coefficient (Wildman–Crippen LogP) is 2.54. The molecule has 0 radical (unpaired) electrons. The lowest BCUT2D eigenvalue weighted by Gasteiger charge is -2.11. The van der Waals surface area contributed by atoms with Gasteiger partial charge in [-0.25, -0.2) is 9.66 Å². The van der Waals surface area contributed by atoms with Crippen LogP contribution in [0.25, 0.3) is 11.0 Å². The number of nitrogens with one attached hydrogen (secondary N) is 1. The zero-order chi connectivity index (χ0) is 14.8. The van der Waals surface area contributed by atoms with Crippen molar-refractivity contribution in [3.8, 4) is 0 Å². The molecule has 0 saturated carbocycles. The summed E-state index contributed by atoms with van der Waals surface area (Å²) in [6, 6.07) is 9.69. The highest BCUT2D eigenvalue weighted by Crippen LogP contribution is 2.19. The fourth-order valence-corrected chi connectivity index (χ4v) is 3.01. The van der Waals surface area contributed by atoms with E-state index in [0.717, 1.165) is 28.0 Å². The van der Waals surface area contributed by atoms with Crippen LogP contribution in [-0.4, -0.2) is 34.6 Å². The molecule has 0 spiro atoms. The first-order valence-electron chi connectivity index (χ1n) is 6.59. The van der Waals surface area contributed by atoms with Gasteiger partial charge in [0.25, 0.3) is 5.91 Å². The number of amides is 1. The number of benzene rings is 1. The molecular formula is C15H16N4OS. The van der Waals surface area contributed by atoms with Crippen molar-refractivity contribution in [3.05, 3.63) is 52.5 Å². The van der Waals surface area contributed by atoms with Gasteiger partial charge in [0.15, 0.2) is 0 Å². The summed E-state index contributed by atoms with van der Waals surface area (Å²) in [4.78, 5) is 19.5. The van der Waals surface area contributed by atoms with Crippen LogP contribution in [0.15, 0.2) is 42.0 Å². The van der Waals surface area contributed by atoms with Crippen LogP contribution in [0.1, 0.15) is 15.2 Å². The van der Waals surface area contributed by atoms with Crippen molar-refractivity contribution in [3.63, 3.8) is 0 Å². The molecule has 0 fully saturated rings. The molecule has 0 bridgehead atoms. The maximum Gasteiger partial charge on any atom is 0.280 e. The van der Waals surface area contributed by atoms with Crippen molar-refractivity contribution >= 4 is 28.3 Å². The molecule has 1 amide bonds. The minimum absolute atomic E-state index is 0.106. The van der Waals surface area contributed by atoms with Gasteiger partial charge in [0.2, 0.25) is 0 Å². The highest BCUT2D eigenvalue weighted by Gasteiger charge is 2.14. The summed E-state index contributed by atoms with van der Waals surface area (Å²) in [5.41, 5.74) is 5.67. The monoisotopic (exact) mass is 300 g/mol. The first kappa shape index (κ1) is 13.8. The molecule has 21 heavy (non-hydrogen) atoms. The predicted molar refractivity (Wildman–Crippen MR) is 85.1 cm³/mol. The van der Waals surface area contributed by atoms with Gasteiger partial charge >= 0.3 is 0 Å². The number of carbonyl (C=O) groups excluding carboxylic acids is 1. The van der Waals surface area contributed by atoms with Crippen LogP contribution in [0.5, 0.6) is 0 Å². The molecule has 0 atom stereocenters. The summed E-state index contributed by atoms with van der Waals surface area (Å²) in [5, 5.41) is 1.94.